The molecule has 0 heterocycles. The molecule has 150 valence electrons. The standard InChI is InChI=1S/C20H20F4N2O2/c1-11(2)17(26-18(27)14-7-5-4-6-12(14)3)19(28)25-13-8-9-16(21)15(10-13)20(22,23)24/h4-11,17H,1-3H3,(H,25,28)(H,26,27). The van der Waals surface area contributed by atoms with Gasteiger partial charge in [-0.25, -0.2) is 4.39 Å². The van der Waals surface area contributed by atoms with Crippen molar-refractivity contribution >= 4 is 17.5 Å². The van der Waals surface area contributed by atoms with Crippen LogP contribution in [0.25, 0.3) is 0 Å². The van der Waals surface area contributed by atoms with Crippen LogP contribution < -0.4 is 10.6 Å². The second-order valence-electron chi connectivity index (χ2n) is 6.69. The van der Waals surface area contributed by atoms with Crippen LogP contribution in [0.1, 0.15) is 35.3 Å². The Morgan fingerprint density at radius 3 is 2.25 bits per heavy atom. The van der Waals surface area contributed by atoms with E-state index in [1.807, 2.05) is 0 Å². The van der Waals surface area contributed by atoms with Crippen LogP contribution in [-0.4, -0.2) is 17.9 Å². The molecule has 2 rings (SSSR count). The minimum Gasteiger partial charge on any atom is -0.340 e. The van der Waals surface area contributed by atoms with Crippen molar-refractivity contribution in [2.45, 2.75) is 33.0 Å². The molecule has 1 unspecified atom stereocenters. The number of carbonyl (C=O) groups is 2. The van der Waals surface area contributed by atoms with Gasteiger partial charge in [0.1, 0.15) is 11.9 Å². The summed E-state index contributed by atoms with van der Waals surface area (Å²) in [6.07, 6.45) is -4.89. The maximum absolute atomic E-state index is 13.4. The average Bonchev–Trinajstić information content (AvgIpc) is 2.60. The summed E-state index contributed by atoms with van der Waals surface area (Å²) in [4.78, 5) is 25.0. The summed E-state index contributed by atoms with van der Waals surface area (Å²) in [6, 6.07) is 8.00. The van der Waals surface area contributed by atoms with Crippen molar-refractivity contribution in [3.8, 4) is 0 Å². The van der Waals surface area contributed by atoms with E-state index in [1.165, 1.54) is 0 Å². The summed E-state index contributed by atoms with van der Waals surface area (Å²) in [5.74, 6) is -2.94. The Bertz CT molecular complexity index is 879. The third-order valence-corrected chi connectivity index (χ3v) is 4.16. The van der Waals surface area contributed by atoms with Gasteiger partial charge in [-0.15, -0.1) is 0 Å². The summed E-state index contributed by atoms with van der Waals surface area (Å²) in [7, 11) is 0. The van der Waals surface area contributed by atoms with E-state index in [0.717, 1.165) is 11.6 Å². The molecule has 0 fully saturated rings. The molecular weight excluding hydrogens is 376 g/mol. The number of anilines is 1. The summed E-state index contributed by atoms with van der Waals surface area (Å²) >= 11 is 0. The molecule has 28 heavy (non-hydrogen) atoms. The molecule has 0 aliphatic heterocycles. The zero-order valence-corrected chi connectivity index (χ0v) is 15.5. The first-order valence-corrected chi connectivity index (χ1v) is 8.54. The van der Waals surface area contributed by atoms with Gasteiger partial charge >= 0.3 is 6.18 Å². The number of hydrogen-bond donors (Lipinski definition) is 2. The second kappa shape index (κ2) is 8.41. The largest absolute Gasteiger partial charge is 0.419 e. The monoisotopic (exact) mass is 396 g/mol. The van der Waals surface area contributed by atoms with Gasteiger partial charge in [0.15, 0.2) is 0 Å². The lowest BCUT2D eigenvalue weighted by molar-refractivity contribution is -0.140. The van der Waals surface area contributed by atoms with Gasteiger partial charge in [0.25, 0.3) is 5.91 Å². The van der Waals surface area contributed by atoms with Crippen molar-refractivity contribution in [3.05, 3.63) is 65.0 Å². The molecule has 2 amide bonds. The van der Waals surface area contributed by atoms with Crippen LogP contribution in [0.4, 0.5) is 23.2 Å². The highest BCUT2D eigenvalue weighted by Gasteiger charge is 2.34. The molecule has 0 saturated heterocycles. The number of hydrogen-bond acceptors (Lipinski definition) is 2. The third kappa shape index (κ3) is 5.09. The Labute approximate surface area is 159 Å². The molecule has 1 atom stereocenters. The molecule has 0 aromatic heterocycles. The predicted molar refractivity (Wildman–Crippen MR) is 97.3 cm³/mol. The van der Waals surface area contributed by atoms with Crippen LogP contribution in [0.2, 0.25) is 0 Å². The third-order valence-electron chi connectivity index (χ3n) is 4.16. The Morgan fingerprint density at radius 2 is 1.68 bits per heavy atom. The average molecular weight is 396 g/mol. The minimum absolute atomic E-state index is 0.213. The van der Waals surface area contributed by atoms with E-state index in [9.17, 15) is 27.2 Å². The summed E-state index contributed by atoms with van der Waals surface area (Å²) in [6.45, 7) is 5.12. The van der Waals surface area contributed by atoms with Crippen LogP contribution in [0.15, 0.2) is 42.5 Å². The van der Waals surface area contributed by atoms with E-state index in [4.69, 9.17) is 0 Å². The van der Waals surface area contributed by atoms with E-state index in [0.29, 0.717) is 17.7 Å². The maximum atomic E-state index is 13.4. The fraction of sp³-hybridized carbons (Fsp3) is 0.300. The number of rotatable bonds is 5. The lowest BCUT2D eigenvalue weighted by Crippen LogP contribution is -2.47. The highest BCUT2D eigenvalue weighted by atomic mass is 19.4. The highest BCUT2D eigenvalue weighted by molar-refractivity contribution is 6.01. The van der Waals surface area contributed by atoms with Crippen LogP contribution in [0, 0.1) is 18.7 Å². The fourth-order valence-electron chi connectivity index (χ4n) is 2.62. The molecule has 0 saturated carbocycles. The van der Waals surface area contributed by atoms with E-state index in [1.54, 1.807) is 45.0 Å². The maximum Gasteiger partial charge on any atom is 0.419 e. The van der Waals surface area contributed by atoms with Gasteiger partial charge in [-0.3, -0.25) is 9.59 Å². The molecule has 2 aromatic carbocycles. The van der Waals surface area contributed by atoms with E-state index in [2.05, 4.69) is 10.6 Å². The van der Waals surface area contributed by atoms with Gasteiger partial charge in [0, 0.05) is 11.3 Å². The van der Waals surface area contributed by atoms with E-state index < -0.39 is 35.4 Å². The second-order valence-corrected chi connectivity index (χ2v) is 6.69. The molecular formula is C20H20F4N2O2. The summed E-state index contributed by atoms with van der Waals surface area (Å²) in [5, 5.41) is 4.92. The van der Waals surface area contributed by atoms with Crippen LogP contribution in [0.5, 0.6) is 0 Å². The van der Waals surface area contributed by atoms with Crippen molar-refractivity contribution in [2.75, 3.05) is 5.32 Å². The SMILES string of the molecule is Cc1ccccc1C(=O)NC(C(=O)Nc1ccc(F)c(C(F)(F)F)c1)C(C)C. The lowest BCUT2D eigenvalue weighted by Gasteiger charge is -2.22. The Balaban J connectivity index is 2.20. The highest BCUT2D eigenvalue weighted by Crippen LogP contribution is 2.33. The summed E-state index contributed by atoms with van der Waals surface area (Å²) in [5.41, 5.74) is -0.580. The van der Waals surface area contributed by atoms with Gasteiger partial charge in [0.05, 0.1) is 5.56 Å². The Hall–Kier alpha value is -2.90. The molecule has 0 radical (unpaired) electrons. The smallest absolute Gasteiger partial charge is 0.340 e. The number of benzene rings is 2. The minimum atomic E-state index is -4.89. The molecule has 0 aliphatic carbocycles. The Morgan fingerprint density at radius 1 is 1.04 bits per heavy atom. The van der Waals surface area contributed by atoms with Gasteiger partial charge in [-0.05, 0) is 42.7 Å². The van der Waals surface area contributed by atoms with Crippen molar-refractivity contribution in [1.82, 2.24) is 5.32 Å². The van der Waals surface area contributed by atoms with E-state index >= 15 is 0 Å². The number of amides is 2. The molecule has 4 nitrogen and oxygen atoms in total. The first-order chi connectivity index (χ1) is 13.0. The van der Waals surface area contributed by atoms with Gasteiger partial charge in [0.2, 0.25) is 5.91 Å². The molecule has 0 aliphatic rings. The van der Waals surface area contributed by atoms with Gasteiger partial charge in [-0.2, -0.15) is 13.2 Å². The zero-order chi connectivity index (χ0) is 21.1. The molecule has 0 spiro atoms. The van der Waals surface area contributed by atoms with Crippen LogP contribution in [0.3, 0.4) is 0 Å². The van der Waals surface area contributed by atoms with Crippen molar-refractivity contribution in [3.63, 3.8) is 0 Å². The van der Waals surface area contributed by atoms with Crippen molar-refractivity contribution in [1.29, 1.82) is 0 Å². The number of nitrogens with one attached hydrogen (secondary N) is 2. The summed E-state index contributed by atoms with van der Waals surface area (Å²) < 4.78 is 51.9. The quantitative estimate of drug-likeness (QED) is 0.729. The first-order valence-electron chi connectivity index (χ1n) is 8.54. The zero-order valence-electron chi connectivity index (χ0n) is 15.5. The first kappa shape index (κ1) is 21.4. The molecule has 0 bridgehead atoms. The molecule has 2 aromatic rings. The lowest BCUT2D eigenvalue weighted by atomic mass is 10.0. The van der Waals surface area contributed by atoms with Crippen molar-refractivity contribution < 1.29 is 27.2 Å². The topological polar surface area (TPSA) is 58.2 Å². The van der Waals surface area contributed by atoms with Crippen LogP contribution in [-0.2, 0) is 11.0 Å². The predicted octanol–water partition coefficient (Wildman–Crippen LogP) is 4.55. The number of halogens is 4. The number of aryl methyl sites for hydroxylation is 1. The molecule has 2 N–H and O–H groups in total. The Kier molecular flexibility index (Phi) is 6.43. The number of carbonyl (C=O) groups excluding carboxylic acids is 2. The van der Waals surface area contributed by atoms with Crippen molar-refractivity contribution in [2.24, 2.45) is 5.92 Å². The molecule has 8 heteroatoms. The fourth-order valence-corrected chi connectivity index (χ4v) is 2.62. The van der Waals surface area contributed by atoms with Crippen LogP contribution >= 0.6 is 0 Å². The van der Waals surface area contributed by atoms with Gasteiger partial charge in [-0.1, -0.05) is 32.0 Å². The van der Waals surface area contributed by atoms with E-state index in [-0.39, 0.29) is 11.6 Å². The normalized spacial score (nSPS) is 12.6. The number of alkyl halides is 3. The van der Waals surface area contributed by atoms with Gasteiger partial charge < -0.3 is 10.6 Å².